The summed E-state index contributed by atoms with van der Waals surface area (Å²) < 4.78 is 2.63. The van der Waals surface area contributed by atoms with Crippen molar-refractivity contribution < 1.29 is 0 Å². The number of hydrogen-bond donors (Lipinski definition) is 1. The number of anilines is 1. The topological polar surface area (TPSA) is 94.3 Å². The van der Waals surface area contributed by atoms with Crippen molar-refractivity contribution in [3.63, 3.8) is 0 Å². The summed E-state index contributed by atoms with van der Waals surface area (Å²) in [4.78, 5) is 0. The first-order valence-corrected chi connectivity index (χ1v) is 14.4. The highest BCUT2D eigenvalue weighted by Gasteiger charge is 2.15. The van der Waals surface area contributed by atoms with E-state index in [1.807, 2.05) is 37.3 Å². The molecular formula is C26H39N7S2. The number of rotatable bonds is 14. The number of nitrogen functional groups attached to an aromatic ring is 1. The molecule has 1 atom stereocenters. The van der Waals surface area contributed by atoms with Gasteiger partial charge < -0.3 is 5.73 Å². The Morgan fingerprint density at radius 1 is 0.943 bits per heavy atom. The van der Waals surface area contributed by atoms with Crippen LogP contribution in [0.25, 0.3) is 5.69 Å². The molecule has 1 aromatic carbocycles. The van der Waals surface area contributed by atoms with Gasteiger partial charge in [0.25, 0.3) is 5.13 Å². The number of thioether (sulfide) groups is 1. The van der Waals surface area contributed by atoms with Gasteiger partial charge in [-0.15, -0.1) is 20.4 Å². The van der Waals surface area contributed by atoms with Gasteiger partial charge in [-0.05, 0) is 49.7 Å². The molecule has 2 heterocycles. The summed E-state index contributed by atoms with van der Waals surface area (Å²) in [5, 5.41) is 22.3. The normalized spacial score (nSPS) is 12.9. The van der Waals surface area contributed by atoms with E-state index in [1.54, 1.807) is 16.4 Å². The molecule has 0 aliphatic heterocycles. The number of nitrogens with two attached hydrogens (primary N) is 1. The Balaban J connectivity index is 1.58. The molecule has 0 saturated carbocycles. The van der Waals surface area contributed by atoms with Crippen molar-refractivity contribution in [1.29, 1.82) is 0 Å². The zero-order valence-electron chi connectivity index (χ0n) is 21.6. The number of unbranched alkanes of at least 4 members (excludes halogenated alkanes) is 1. The molecule has 0 bridgehead atoms. The Hall–Kier alpha value is -2.26. The molecule has 2 N–H and O–H groups in total. The lowest BCUT2D eigenvalue weighted by Crippen LogP contribution is -2.06. The van der Waals surface area contributed by atoms with Crippen molar-refractivity contribution in [2.75, 3.05) is 11.5 Å². The zero-order chi connectivity index (χ0) is 25.2. The summed E-state index contributed by atoms with van der Waals surface area (Å²) in [5.74, 6) is 3.79. The van der Waals surface area contributed by atoms with Crippen LogP contribution in [0.5, 0.6) is 0 Å². The maximum atomic E-state index is 6.31. The van der Waals surface area contributed by atoms with Crippen molar-refractivity contribution in [2.24, 2.45) is 28.0 Å². The van der Waals surface area contributed by atoms with Crippen molar-refractivity contribution in [1.82, 2.24) is 20.0 Å². The monoisotopic (exact) mass is 513 g/mol. The molecular weight excluding hydrogens is 474 g/mol. The summed E-state index contributed by atoms with van der Waals surface area (Å²) in [6, 6.07) is 9.77. The van der Waals surface area contributed by atoms with Crippen LogP contribution in [0, 0.1) is 24.7 Å². The Morgan fingerprint density at radius 3 is 2.37 bits per heavy atom. The molecule has 3 rings (SSSR count). The Bertz CT molecular complexity index is 1060. The first-order valence-electron chi connectivity index (χ1n) is 12.6. The number of hydrogen-bond acceptors (Lipinski definition) is 8. The fraction of sp³-hybridized carbons (Fsp3) is 0.577. The van der Waals surface area contributed by atoms with Gasteiger partial charge in [0, 0.05) is 5.75 Å². The summed E-state index contributed by atoms with van der Waals surface area (Å²) >= 11 is 3.27. The van der Waals surface area contributed by atoms with Gasteiger partial charge in [0.05, 0.1) is 11.4 Å². The van der Waals surface area contributed by atoms with Crippen LogP contribution < -0.4 is 5.73 Å². The lowest BCUT2D eigenvalue weighted by Gasteiger charge is -2.17. The number of azo groups is 1. The van der Waals surface area contributed by atoms with Crippen LogP contribution >= 0.6 is 23.1 Å². The van der Waals surface area contributed by atoms with Crippen LogP contribution in [0.1, 0.15) is 71.9 Å². The van der Waals surface area contributed by atoms with E-state index in [9.17, 15) is 0 Å². The third-order valence-electron chi connectivity index (χ3n) is 5.93. The van der Waals surface area contributed by atoms with Crippen LogP contribution in [0.4, 0.5) is 16.6 Å². The predicted octanol–water partition coefficient (Wildman–Crippen LogP) is 8.39. The van der Waals surface area contributed by atoms with Crippen molar-refractivity contribution in [3.8, 4) is 5.69 Å². The SMILES string of the molecule is Cc1nn(-c2ccccc2)c(N)c1N=Nc1nnc(SCC(CCCCC(C)C)CCC(C)C)s1. The smallest absolute Gasteiger partial charge is 0.252 e. The Morgan fingerprint density at radius 2 is 1.66 bits per heavy atom. The van der Waals surface area contributed by atoms with Gasteiger partial charge in [-0.1, -0.05) is 94.7 Å². The van der Waals surface area contributed by atoms with Gasteiger partial charge >= 0.3 is 0 Å². The van der Waals surface area contributed by atoms with Gasteiger partial charge in [-0.3, -0.25) is 0 Å². The highest BCUT2D eigenvalue weighted by molar-refractivity contribution is 8.01. The largest absolute Gasteiger partial charge is 0.382 e. The molecule has 1 unspecified atom stereocenters. The summed E-state index contributed by atoms with van der Waals surface area (Å²) in [7, 11) is 0. The highest BCUT2D eigenvalue weighted by atomic mass is 32.2. The zero-order valence-corrected chi connectivity index (χ0v) is 23.3. The number of aromatic nitrogens is 4. The minimum absolute atomic E-state index is 0.460. The fourth-order valence-electron chi connectivity index (χ4n) is 3.88. The Labute approximate surface area is 218 Å². The van der Waals surface area contributed by atoms with E-state index in [0.717, 1.165) is 39.2 Å². The third-order valence-corrected chi connectivity index (χ3v) is 8.11. The van der Waals surface area contributed by atoms with Crippen molar-refractivity contribution >= 4 is 39.7 Å². The maximum Gasteiger partial charge on any atom is 0.252 e. The van der Waals surface area contributed by atoms with Crippen LogP contribution in [-0.4, -0.2) is 25.7 Å². The van der Waals surface area contributed by atoms with E-state index in [0.29, 0.717) is 16.6 Å². The summed E-state index contributed by atoms with van der Waals surface area (Å²) in [6.45, 7) is 11.1. The molecule has 0 spiro atoms. The lowest BCUT2D eigenvalue weighted by molar-refractivity contribution is 0.409. The average molecular weight is 514 g/mol. The third kappa shape index (κ3) is 8.72. The van der Waals surface area contributed by atoms with Crippen LogP contribution in [0.2, 0.25) is 0 Å². The minimum Gasteiger partial charge on any atom is -0.382 e. The summed E-state index contributed by atoms with van der Waals surface area (Å²) in [5.41, 5.74) is 8.49. The molecule has 2 aromatic heterocycles. The minimum atomic E-state index is 0.460. The highest BCUT2D eigenvalue weighted by Crippen LogP contribution is 2.34. The van der Waals surface area contributed by atoms with E-state index in [-0.39, 0.29) is 0 Å². The van der Waals surface area contributed by atoms with E-state index in [4.69, 9.17) is 5.73 Å². The van der Waals surface area contributed by atoms with Crippen molar-refractivity contribution in [3.05, 3.63) is 36.0 Å². The molecule has 0 saturated heterocycles. The first-order chi connectivity index (χ1) is 16.8. The van der Waals surface area contributed by atoms with Gasteiger partial charge in [-0.2, -0.15) is 5.10 Å². The molecule has 0 aliphatic carbocycles. The molecule has 0 aliphatic rings. The van der Waals surface area contributed by atoms with E-state index >= 15 is 0 Å². The van der Waals surface area contributed by atoms with Crippen molar-refractivity contribution in [2.45, 2.75) is 77.5 Å². The summed E-state index contributed by atoms with van der Waals surface area (Å²) in [6.07, 6.45) is 7.82. The molecule has 7 nitrogen and oxygen atoms in total. The van der Waals surface area contributed by atoms with Gasteiger partial charge in [-0.25, -0.2) is 4.68 Å². The number of para-hydroxylation sites is 1. The lowest BCUT2D eigenvalue weighted by atomic mass is 9.93. The standard InChI is InChI=1S/C26H39N7S2/c1-18(2)11-9-10-12-21(16-15-19(3)4)17-34-26-31-30-25(35-26)29-28-23-20(5)32-33(24(23)27)22-13-7-6-8-14-22/h6-8,13-14,18-19,21H,9-12,15-17,27H2,1-5H3. The quantitative estimate of drug-likeness (QED) is 0.133. The molecule has 0 fully saturated rings. The molecule has 0 amide bonds. The second-order valence-electron chi connectivity index (χ2n) is 9.94. The number of aryl methyl sites for hydroxylation is 1. The molecule has 190 valence electrons. The maximum absolute atomic E-state index is 6.31. The molecule has 9 heteroatoms. The van der Waals surface area contributed by atoms with Gasteiger partial charge in [0.15, 0.2) is 15.8 Å². The first kappa shape index (κ1) is 27.3. The van der Waals surface area contributed by atoms with E-state index in [2.05, 4.69) is 53.2 Å². The average Bonchev–Trinajstić information content (AvgIpc) is 3.40. The van der Waals surface area contributed by atoms with Gasteiger partial charge in [0.2, 0.25) is 0 Å². The number of nitrogens with zero attached hydrogens (tertiary/aromatic N) is 6. The molecule has 35 heavy (non-hydrogen) atoms. The van der Waals surface area contributed by atoms with Crippen LogP contribution in [-0.2, 0) is 0 Å². The number of benzene rings is 1. The van der Waals surface area contributed by atoms with E-state index in [1.165, 1.54) is 49.9 Å². The second-order valence-corrected chi connectivity index (χ2v) is 12.2. The van der Waals surface area contributed by atoms with Crippen LogP contribution in [0.3, 0.4) is 0 Å². The second kappa shape index (κ2) is 13.7. The molecule has 0 radical (unpaired) electrons. The van der Waals surface area contributed by atoms with E-state index < -0.39 is 0 Å². The molecule has 3 aromatic rings. The predicted molar refractivity (Wildman–Crippen MR) is 148 cm³/mol. The van der Waals surface area contributed by atoms with Crippen LogP contribution in [0.15, 0.2) is 44.9 Å². The fourth-order valence-corrected chi connectivity index (χ4v) is 5.75. The Kier molecular flexibility index (Phi) is 10.7. The van der Waals surface area contributed by atoms with Gasteiger partial charge in [0.1, 0.15) is 0 Å².